The maximum absolute atomic E-state index is 11.5. The molecule has 1 nitrogen and oxygen atoms in total. The van der Waals surface area contributed by atoms with Crippen molar-refractivity contribution >= 4 is 20.6 Å². The zero-order valence-corrected chi connectivity index (χ0v) is 11.7. The summed E-state index contributed by atoms with van der Waals surface area (Å²) in [5.41, 5.74) is 0. The standard InChI is InChI=1S/C12H24OS2/c1-3-6-11(2)7-4-5-8-12-9-10-14-15(12)13/h11-12H,3-10H2,1-2H3/t11?,12-,15?/m0/s1. The Balaban J connectivity index is 1.99. The maximum atomic E-state index is 11.5. The van der Waals surface area contributed by atoms with Gasteiger partial charge in [0.05, 0.1) is 9.83 Å². The van der Waals surface area contributed by atoms with E-state index in [0.717, 1.165) is 11.7 Å². The molecule has 0 radical (unpaired) electrons. The van der Waals surface area contributed by atoms with Crippen molar-refractivity contribution in [3.8, 4) is 0 Å². The second kappa shape index (κ2) is 7.72. The molecule has 1 rings (SSSR count). The smallest absolute Gasteiger partial charge is 0.0835 e. The van der Waals surface area contributed by atoms with Crippen LogP contribution in [0.15, 0.2) is 0 Å². The summed E-state index contributed by atoms with van der Waals surface area (Å²) in [6, 6.07) is 0. The third-order valence-corrected chi connectivity index (χ3v) is 6.83. The normalized spacial score (nSPS) is 28.1. The fraction of sp³-hybridized carbons (Fsp3) is 1.00. The van der Waals surface area contributed by atoms with Crippen molar-refractivity contribution in [3.05, 3.63) is 0 Å². The van der Waals surface area contributed by atoms with Gasteiger partial charge in [-0.3, -0.25) is 0 Å². The highest BCUT2D eigenvalue weighted by Gasteiger charge is 2.23. The molecular formula is C12H24OS2. The molecule has 0 amide bonds. The van der Waals surface area contributed by atoms with Crippen molar-refractivity contribution < 1.29 is 4.21 Å². The molecule has 0 aliphatic carbocycles. The van der Waals surface area contributed by atoms with Crippen molar-refractivity contribution in [1.82, 2.24) is 0 Å². The number of hydrogen-bond donors (Lipinski definition) is 0. The molecule has 0 spiro atoms. The summed E-state index contributed by atoms with van der Waals surface area (Å²) < 4.78 is 11.5. The summed E-state index contributed by atoms with van der Waals surface area (Å²) in [6.07, 6.45) is 9.03. The van der Waals surface area contributed by atoms with Gasteiger partial charge in [-0.25, -0.2) is 4.21 Å². The summed E-state index contributed by atoms with van der Waals surface area (Å²) in [6.45, 7) is 4.61. The zero-order valence-electron chi connectivity index (χ0n) is 10.0. The average molecular weight is 248 g/mol. The van der Waals surface area contributed by atoms with Gasteiger partial charge in [0, 0.05) is 11.0 Å². The Bertz CT molecular complexity index is 194. The summed E-state index contributed by atoms with van der Waals surface area (Å²) in [4.78, 5) is 0. The highest BCUT2D eigenvalue weighted by atomic mass is 33.1. The first-order valence-corrected chi connectivity index (χ1v) is 8.99. The van der Waals surface area contributed by atoms with E-state index in [0.29, 0.717) is 5.25 Å². The monoisotopic (exact) mass is 248 g/mol. The molecule has 15 heavy (non-hydrogen) atoms. The van der Waals surface area contributed by atoms with Crippen molar-refractivity contribution in [3.63, 3.8) is 0 Å². The molecule has 0 N–H and O–H groups in total. The van der Waals surface area contributed by atoms with E-state index in [1.165, 1.54) is 44.9 Å². The summed E-state index contributed by atoms with van der Waals surface area (Å²) in [5, 5.41) is 0.511. The Morgan fingerprint density at radius 3 is 2.80 bits per heavy atom. The Hall–Kier alpha value is 0.500. The van der Waals surface area contributed by atoms with Crippen LogP contribution in [-0.4, -0.2) is 15.2 Å². The topological polar surface area (TPSA) is 17.1 Å². The first-order valence-electron chi connectivity index (χ1n) is 6.28. The van der Waals surface area contributed by atoms with Gasteiger partial charge in [0.15, 0.2) is 0 Å². The van der Waals surface area contributed by atoms with Gasteiger partial charge in [-0.2, -0.15) is 0 Å². The molecule has 0 aromatic carbocycles. The molecule has 0 aromatic rings. The minimum atomic E-state index is -0.562. The van der Waals surface area contributed by atoms with E-state index in [1.807, 2.05) is 0 Å². The van der Waals surface area contributed by atoms with E-state index in [2.05, 4.69) is 13.8 Å². The highest BCUT2D eigenvalue weighted by Crippen LogP contribution is 2.29. The van der Waals surface area contributed by atoms with Gasteiger partial charge >= 0.3 is 0 Å². The maximum Gasteiger partial charge on any atom is 0.0835 e. The molecular weight excluding hydrogens is 224 g/mol. The Morgan fingerprint density at radius 2 is 2.20 bits per heavy atom. The molecule has 0 aromatic heterocycles. The van der Waals surface area contributed by atoms with Crippen molar-refractivity contribution in [2.75, 3.05) is 5.75 Å². The summed E-state index contributed by atoms with van der Waals surface area (Å²) in [5.74, 6) is 2.00. The molecule has 90 valence electrons. The molecule has 1 fully saturated rings. The van der Waals surface area contributed by atoms with Crippen LogP contribution in [0.2, 0.25) is 0 Å². The first kappa shape index (κ1) is 13.6. The second-order valence-corrected chi connectivity index (χ2v) is 8.20. The SMILES string of the molecule is CCCC(C)CCCC[C@H]1CCSS1=O. The van der Waals surface area contributed by atoms with Crippen LogP contribution < -0.4 is 0 Å². The molecule has 2 unspecified atom stereocenters. The van der Waals surface area contributed by atoms with E-state index < -0.39 is 9.83 Å². The fourth-order valence-corrected chi connectivity index (χ4v) is 5.69. The molecule has 3 atom stereocenters. The highest BCUT2D eigenvalue weighted by molar-refractivity contribution is 8.69. The second-order valence-electron chi connectivity index (χ2n) is 4.67. The van der Waals surface area contributed by atoms with Gasteiger partial charge in [0.25, 0.3) is 0 Å². The lowest BCUT2D eigenvalue weighted by Gasteiger charge is -2.10. The third-order valence-electron chi connectivity index (χ3n) is 3.17. The van der Waals surface area contributed by atoms with Crippen LogP contribution in [0.5, 0.6) is 0 Å². The van der Waals surface area contributed by atoms with Crippen LogP contribution >= 0.6 is 10.8 Å². The van der Waals surface area contributed by atoms with Crippen LogP contribution in [0, 0.1) is 5.92 Å². The number of hydrogen-bond acceptors (Lipinski definition) is 2. The Labute approximate surface area is 101 Å². The van der Waals surface area contributed by atoms with Crippen LogP contribution in [0.3, 0.4) is 0 Å². The van der Waals surface area contributed by atoms with E-state index in [9.17, 15) is 4.21 Å². The molecule has 1 saturated heterocycles. The van der Waals surface area contributed by atoms with E-state index >= 15 is 0 Å². The molecule has 3 heteroatoms. The van der Waals surface area contributed by atoms with Crippen LogP contribution in [0.4, 0.5) is 0 Å². The van der Waals surface area contributed by atoms with Gasteiger partial charge < -0.3 is 0 Å². The van der Waals surface area contributed by atoms with E-state index in [4.69, 9.17) is 0 Å². The molecule has 0 saturated carbocycles. The quantitative estimate of drug-likeness (QED) is 0.497. The third kappa shape index (κ3) is 5.39. The van der Waals surface area contributed by atoms with E-state index in [-0.39, 0.29) is 0 Å². The fourth-order valence-electron chi connectivity index (χ4n) is 2.20. The van der Waals surface area contributed by atoms with Gasteiger partial charge in [-0.05, 0) is 18.8 Å². The van der Waals surface area contributed by atoms with E-state index in [1.54, 1.807) is 10.8 Å². The van der Waals surface area contributed by atoms with Crippen LogP contribution in [0.1, 0.15) is 58.8 Å². The van der Waals surface area contributed by atoms with Gasteiger partial charge in [0.1, 0.15) is 0 Å². The van der Waals surface area contributed by atoms with Gasteiger partial charge in [-0.15, -0.1) is 0 Å². The van der Waals surface area contributed by atoms with Gasteiger partial charge in [-0.1, -0.05) is 56.7 Å². The molecule has 1 heterocycles. The Morgan fingerprint density at radius 1 is 1.40 bits per heavy atom. The predicted molar refractivity (Wildman–Crippen MR) is 71.5 cm³/mol. The average Bonchev–Trinajstić information content (AvgIpc) is 2.60. The molecule has 1 aliphatic heterocycles. The lowest BCUT2D eigenvalue weighted by molar-refractivity contribution is 0.454. The predicted octanol–water partition coefficient (Wildman–Crippen LogP) is 4.15. The molecule has 0 bridgehead atoms. The minimum absolute atomic E-state index is 0.511. The van der Waals surface area contributed by atoms with Gasteiger partial charge in [0.2, 0.25) is 0 Å². The number of rotatable bonds is 7. The lowest BCUT2D eigenvalue weighted by atomic mass is 9.98. The van der Waals surface area contributed by atoms with Crippen molar-refractivity contribution in [1.29, 1.82) is 0 Å². The van der Waals surface area contributed by atoms with Crippen LogP contribution in [0.25, 0.3) is 0 Å². The zero-order chi connectivity index (χ0) is 11.1. The van der Waals surface area contributed by atoms with Crippen molar-refractivity contribution in [2.45, 2.75) is 64.0 Å². The summed E-state index contributed by atoms with van der Waals surface area (Å²) >= 11 is 0. The minimum Gasteiger partial charge on any atom is -0.248 e. The number of unbranched alkanes of at least 4 members (excludes halogenated alkanes) is 1. The first-order chi connectivity index (χ1) is 7.24. The lowest BCUT2D eigenvalue weighted by Crippen LogP contribution is -2.06. The molecule has 1 aliphatic rings. The Kier molecular flexibility index (Phi) is 6.98. The van der Waals surface area contributed by atoms with Crippen molar-refractivity contribution in [2.24, 2.45) is 5.92 Å². The van der Waals surface area contributed by atoms with Crippen LogP contribution in [-0.2, 0) is 9.83 Å². The summed E-state index contributed by atoms with van der Waals surface area (Å²) in [7, 11) is 1.09. The largest absolute Gasteiger partial charge is 0.248 e.